The maximum atomic E-state index is 11.7. The quantitative estimate of drug-likeness (QED) is 0.700. The molecule has 1 saturated carbocycles. The monoisotopic (exact) mass is 254 g/mol. The number of rotatable bonds is 8. The van der Waals surface area contributed by atoms with Crippen LogP contribution in [0.5, 0.6) is 0 Å². The Morgan fingerprint density at radius 2 is 1.89 bits per heavy atom. The average Bonchev–Trinajstić information content (AvgIpc) is 2.88. The van der Waals surface area contributed by atoms with E-state index in [1.165, 1.54) is 25.7 Å². The van der Waals surface area contributed by atoms with Crippen LogP contribution < -0.4 is 11.1 Å². The zero-order valence-corrected chi connectivity index (χ0v) is 12.1. The highest BCUT2D eigenvalue weighted by Crippen LogP contribution is 2.28. The van der Waals surface area contributed by atoms with E-state index in [4.69, 9.17) is 5.73 Å². The van der Waals surface area contributed by atoms with Crippen molar-refractivity contribution in [1.29, 1.82) is 0 Å². The molecule has 1 aliphatic rings. The minimum Gasteiger partial charge on any atom is -0.355 e. The van der Waals surface area contributed by atoms with Crippen molar-refractivity contribution in [2.75, 3.05) is 6.54 Å². The van der Waals surface area contributed by atoms with Gasteiger partial charge in [0.15, 0.2) is 0 Å². The molecule has 3 nitrogen and oxygen atoms in total. The zero-order valence-electron chi connectivity index (χ0n) is 12.1. The van der Waals surface area contributed by atoms with Crippen LogP contribution in [0.1, 0.15) is 65.2 Å². The topological polar surface area (TPSA) is 55.1 Å². The summed E-state index contributed by atoms with van der Waals surface area (Å²) >= 11 is 0. The van der Waals surface area contributed by atoms with Crippen LogP contribution >= 0.6 is 0 Å². The molecule has 1 unspecified atom stereocenters. The predicted octanol–water partition coefficient (Wildman–Crippen LogP) is 2.84. The molecule has 1 rings (SSSR count). The first-order chi connectivity index (χ1) is 8.67. The highest BCUT2D eigenvalue weighted by molar-refractivity contribution is 5.75. The Hall–Kier alpha value is -0.570. The molecule has 0 aliphatic heterocycles. The van der Waals surface area contributed by atoms with Gasteiger partial charge in [-0.3, -0.25) is 4.79 Å². The summed E-state index contributed by atoms with van der Waals surface area (Å²) in [6, 6.07) is 0.107. The summed E-state index contributed by atoms with van der Waals surface area (Å²) in [6.45, 7) is 4.96. The SMILES string of the molecule is CCC(CC)C(N)CNC(=O)CCC1CCCC1. The third-order valence-electron chi connectivity index (χ3n) is 4.44. The van der Waals surface area contributed by atoms with Gasteiger partial charge in [-0.25, -0.2) is 0 Å². The Bertz CT molecular complexity index is 233. The molecule has 0 aromatic carbocycles. The van der Waals surface area contributed by atoms with E-state index in [9.17, 15) is 4.79 Å². The second-order valence-electron chi connectivity index (χ2n) is 5.73. The van der Waals surface area contributed by atoms with Gasteiger partial charge in [0, 0.05) is 19.0 Å². The number of carbonyl (C=O) groups is 1. The summed E-state index contributed by atoms with van der Waals surface area (Å²) in [6.07, 6.45) is 9.27. The van der Waals surface area contributed by atoms with E-state index in [0.29, 0.717) is 18.9 Å². The number of hydrogen-bond acceptors (Lipinski definition) is 2. The van der Waals surface area contributed by atoms with Gasteiger partial charge in [-0.15, -0.1) is 0 Å². The highest BCUT2D eigenvalue weighted by atomic mass is 16.1. The van der Waals surface area contributed by atoms with E-state index in [1.54, 1.807) is 0 Å². The molecule has 0 bridgehead atoms. The van der Waals surface area contributed by atoms with Crippen LogP contribution in [0.4, 0.5) is 0 Å². The molecule has 1 fully saturated rings. The van der Waals surface area contributed by atoms with E-state index < -0.39 is 0 Å². The molecule has 1 aliphatic carbocycles. The number of amides is 1. The Morgan fingerprint density at radius 3 is 2.44 bits per heavy atom. The van der Waals surface area contributed by atoms with E-state index in [0.717, 1.165) is 25.2 Å². The minimum atomic E-state index is 0.107. The molecule has 1 atom stereocenters. The van der Waals surface area contributed by atoms with Crippen LogP contribution in [0.2, 0.25) is 0 Å². The Morgan fingerprint density at radius 1 is 1.28 bits per heavy atom. The second kappa shape index (κ2) is 8.52. The molecule has 0 saturated heterocycles. The van der Waals surface area contributed by atoms with E-state index in [-0.39, 0.29) is 11.9 Å². The summed E-state index contributed by atoms with van der Waals surface area (Å²) in [5.41, 5.74) is 6.09. The molecule has 0 heterocycles. The molecule has 1 amide bonds. The largest absolute Gasteiger partial charge is 0.355 e. The third kappa shape index (κ3) is 5.38. The summed E-state index contributed by atoms with van der Waals surface area (Å²) < 4.78 is 0. The zero-order chi connectivity index (χ0) is 13.4. The van der Waals surface area contributed by atoms with Crippen LogP contribution in [0.3, 0.4) is 0 Å². The van der Waals surface area contributed by atoms with Crippen LogP contribution in [0.25, 0.3) is 0 Å². The average molecular weight is 254 g/mol. The van der Waals surface area contributed by atoms with Crippen molar-refractivity contribution in [3.05, 3.63) is 0 Å². The molecule has 3 N–H and O–H groups in total. The second-order valence-corrected chi connectivity index (χ2v) is 5.73. The number of carbonyl (C=O) groups excluding carboxylic acids is 1. The molecule has 0 aromatic rings. The van der Waals surface area contributed by atoms with Crippen molar-refractivity contribution < 1.29 is 4.79 Å². The smallest absolute Gasteiger partial charge is 0.220 e. The lowest BCUT2D eigenvalue weighted by Crippen LogP contribution is -2.41. The van der Waals surface area contributed by atoms with Crippen molar-refractivity contribution in [3.8, 4) is 0 Å². The van der Waals surface area contributed by atoms with Gasteiger partial charge in [-0.1, -0.05) is 52.4 Å². The Balaban J connectivity index is 2.11. The van der Waals surface area contributed by atoms with Crippen molar-refractivity contribution in [1.82, 2.24) is 5.32 Å². The maximum absolute atomic E-state index is 11.7. The van der Waals surface area contributed by atoms with Gasteiger partial charge >= 0.3 is 0 Å². The van der Waals surface area contributed by atoms with Crippen molar-refractivity contribution >= 4 is 5.91 Å². The predicted molar refractivity (Wildman–Crippen MR) is 76.2 cm³/mol. The van der Waals surface area contributed by atoms with Crippen LogP contribution in [-0.4, -0.2) is 18.5 Å². The molecule has 0 radical (unpaired) electrons. The first-order valence-corrected chi connectivity index (χ1v) is 7.69. The molecule has 3 heteroatoms. The molecule has 106 valence electrons. The fraction of sp³-hybridized carbons (Fsp3) is 0.933. The number of hydrogen-bond donors (Lipinski definition) is 2. The summed E-state index contributed by atoms with van der Waals surface area (Å²) in [5.74, 6) is 1.51. The highest BCUT2D eigenvalue weighted by Gasteiger charge is 2.17. The molecular weight excluding hydrogens is 224 g/mol. The van der Waals surface area contributed by atoms with Gasteiger partial charge < -0.3 is 11.1 Å². The third-order valence-corrected chi connectivity index (χ3v) is 4.44. The molecule has 0 spiro atoms. The van der Waals surface area contributed by atoms with Gasteiger partial charge in [0.05, 0.1) is 0 Å². The lowest BCUT2D eigenvalue weighted by Gasteiger charge is -2.21. The first kappa shape index (κ1) is 15.5. The van der Waals surface area contributed by atoms with Crippen molar-refractivity contribution in [3.63, 3.8) is 0 Å². The molecule has 18 heavy (non-hydrogen) atoms. The van der Waals surface area contributed by atoms with Gasteiger partial charge in [0.2, 0.25) is 5.91 Å². The number of nitrogens with two attached hydrogens (primary N) is 1. The standard InChI is InChI=1S/C15H30N2O/c1-3-13(4-2)14(16)11-17-15(18)10-9-12-7-5-6-8-12/h12-14H,3-11,16H2,1-2H3,(H,17,18). The normalized spacial score (nSPS) is 18.2. The lowest BCUT2D eigenvalue weighted by molar-refractivity contribution is -0.121. The Kier molecular flexibility index (Phi) is 7.33. The summed E-state index contributed by atoms with van der Waals surface area (Å²) in [5, 5.41) is 2.99. The molecular formula is C15H30N2O. The fourth-order valence-electron chi connectivity index (χ4n) is 3.02. The van der Waals surface area contributed by atoms with Crippen LogP contribution in [0.15, 0.2) is 0 Å². The van der Waals surface area contributed by atoms with E-state index in [2.05, 4.69) is 19.2 Å². The van der Waals surface area contributed by atoms with Crippen molar-refractivity contribution in [2.45, 2.75) is 71.3 Å². The summed E-state index contributed by atoms with van der Waals surface area (Å²) in [4.78, 5) is 11.7. The maximum Gasteiger partial charge on any atom is 0.220 e. The lowest BCUT2D eigenvalue weighted by atomic mass is 9.95. The minimum absolute atomic E-state index is 0.107. The van der Waals surface area contributed by atoms with Gasteiger partial charge in [0.25, 0.3) is 0 Å². The van der Waals surface area contributed by atoms with Gasteiger partial charge in [-0.2, -0.15) is 0 Å². The van der Waals surface area contributed by atoms with Gasteiger partial charge in [-0.05, 0) is 18.3 Å². The number of nitrogens with one attached hydrogen (secondary N) is 1. The molecule has 0 aromatic heterocycles. The Labute approximate surface area is 112 Å². The first-order valence-electron chi connectivity index (χ1n) is 7.69. The van der Waals surface area contributed by atoms with E-state index >= 15 is 0 Å². The van der Waals surface area contributed by atoms with E-state index in [1.807, 2.05) is 0 Å². The van der Waals surface area contributed by atoms with Crippen LogP contribution in [0, 0.1) is 11.8 Å². The van der Waals surface area contributed by atoms with Crippen molar-refractivity contribution in [2.24, 2.45) is 17.6 Å². The summed E-state index contributed by atoms with van der Waals surface area (Å²) in [7, 11) is 0. The van der Waals surface area contributed by atoms with Crippen LogP contribution in [-0.2, 0) is 4.79 Å². The van der Waals surface area contributed by atoms with Gasteiger partial charge in [0.1, 0.15) is 0 Å². The fourth-order valence-corrected chi connectivity index (χ4v) is 3.02.